The average molecular weight is 374 g/mol. The van der Waals surface area contributed by atoms with E-state index in [2.05, 4.69) is 41.8 Å². The molecule has 1 aromatic heterocycles. The number of hydrogen-bond donors (Lipinski definition) is 1. The van der Waals surface area contributed by atoms with Crippen LogP contribution in [0.2, 0.25) is 0 Å². The minimum atomic E-state index is -0.220. The number of hydrogen-bond acceptors (Lipinski definition) is 3. The van der Waals surface area contributed by atoms with Gasteiger partial charge in [-0.3, -0.25) is 4.79 Å². The van der Waals surface area contributed by atoms with Crippen LogP contribution in [0.25, 0.3) is 11.4 Å². The predicted octanol–water partition coefficient (Wildman–Crippen LogP) is 3.11. The van der Waals surface area contributed by atoms with Gasteiger partial charge in [-0.1, -0.05) is 34.1 Å². The van der Waals surface area contributed by atoms with Crippen LogP contribution in [-0.4, -0.2) is 17.1 Å². The van der Waals surface area contributed by atoms with Gasteiger partial charge in [-0.25, -0.2) is 4.98 Å². The van der Waals surface area contributed by atoms with E-state index in [4.69, 9.17) is 4.74 Å². The first kappa shape index (κ1) is 13.5. The zero-order valence-corrected chi connectivity index (χ0v) is 12.7. The Kier molecular flexibility index (Phi) is 4.31. The molecule has 4 nitrogen and oxygen atoms in total. The Morgan fingerprint density at radius 3 is 2.72 bits per heavy atom. The van der Waals surface area contributed by atoms with Crippen LogP contribution in [-0.2, 0) is 11.3 Å². The Hall–Kier alpha value is -0.980. The summed E-state index contributed by atoms with van der Waals surface area (Å²) in [4.78, 5) is 18.9. The molecule has 0 aliphatic carbocycles. The quantitative estimate of drug-likeness (QED) is 0.899. The van der Waals surface area contributed by atoms with Crippen LogP contribution in [0.1, 0.15) is 5.69 Å². The molecule has 0 fully saturated rings. The third kappa shape index (κ3) is 2.71. The van der Waals surface area contributed by atoms with Gasteiger partial charge in [0.1, 0.15) is 10.3 Å². The number of nitrogens with one attached hydrogen (secondary N) is 1. The van der Waals surface area contributed by atoms with Crippen molar-refractivity contribution in [3.63, 3.8) is 0 Å². The van der Waals surface area contributed by atoms with Gasteiger partial charge in [-0.05, 0) is 22.0 Å². The SMILES string of the molecule is COCc1nc(-c2ccccc2Br)[nH]c(=O)c1Br. The highest BCUT2D eigenvalue weighted by atomic mass is 79.9. The van der Waals surface area contributed by atoms with E-state index in [1.807, 2.05) is 24.3 Å². The molecule has 1 N–H and O–H groups in total. The molecule has 0 atom stereocenters. The van der Waals surface area contributed by atoms with Gasteiger partial charge in [0, 0.05) is 17.1 Å². The molecule has 0 aliphatic heterocycles. The van der Waals surface area contributed by atoms with Crippen LogP contribution < -0.4 is 5.56 Å². The third-order valence-corrected chi connectivity index (χ3v) is 3.85. The van der Waals surface area contributed by atoms with E-state index in [9.17, 15) is 4.79 Å². The van der Waals surface area contributed by atoms with Crippen LogP contribution in [0.15, 0.2) is 38.0 Å². The predicted molar refractivity (Wildman–Crippen MR) is 76.4 cm³/mol. The Labute approximate surface area is 121 Å². The fourth-order valence-electron chi connectivity index (χ4n) is 1.52. The van der Waals surface area contributed by atoms with Gasteiger partial charge in [0.15, 0.2) is 0 Å². The van der Waals surface area contributed by atoms with Crippen molar-refractivity contribution in [2.24, 2.45) is 0 Å². The maximum atomic E-state index is 11.8. The lowest BCUT2D eigenvalue weighted by Crippen LogP contribution is -2.14. The van der Waals surface area contributed by atoms with Crippen molar-refractivity contribution in [2.75, 3.05) is 7.11 Å². The number of rotatable bonds is 3. The summed E-state index contributed by atoms with van der Waals surface area (Å²) in [5, 5.41) is 0. The largest absolute Gasteiger partial charge is 0.378 e. The monoisotopic (exact) mass is 372 g/mol. The standard InChI is InChI=1S/C12H10Br2N2O2/c1-18-6-9-10(14)12(17)16-11(15-9)7-4-2-3-5-8(7)13/h2-5H,6H2,1H3,(H,15,16,17). The highest BCUT2D eigenvalue weighted by Crippen LogP contribution is 2.25. The number of nitrogens with zero attached hydrogens (tertiary/aromatic N) is 1. The first-order valence-corrected chi connectivity index (χ1v) is 6.74. The Morgan fingerprint density at radius 2 is 2.06 bits per heavy atom. The van der Waals surface area contributed by atoms with Crippen LogP contribution in [0.5, 0.6) is 0 Å². The molecule has 0 saturated carbocycles. The maximum Gasteiger partial charge on any atom is 0.265 e. The fourth-order valence-corrected chi connectivity index (χ4v) is 2.29. The Bertz CT molecular complexity index is 626. The summed E-state index contributed by atoms with van der Waals surface area (Å²) in [5.41, 5.74) is 1.19. The topological polar surface area (TPSA) is 55.0 Å². The summed E-state index contributed by atoms with van der Waals surface area (Å²) >= 11 is 6.64. The van der Waals surface area contributed by atoms with Gasteiger partial charge < -0.3 is 9.72 Å². The summed E-state index contributed by atoms with van der Waals surface area (Å²) in [5.74, 6) is 0.516. The molecule has 0 radical (unpaired) electrons. The molecular weight excluding hydrogens is 364 g/mol. The molecule has 1 heterocycles. The van der Waals surface area contributed by atoms with E-state index >= 15 is 0 Å². The Balaban J connectivity index is 2.59. The molecular formula is C12H10Br2N2O2. The molecule has 0 bridgehead atoms. The van der Waals surface area contributed by atoms with Crippen LogP contribution in [0.3, 0.4) is 0 Å². The average Bonchev–Trinajstić information content (AvgIpc) is 2.35. The second-order valence-electron chi connectivity index (χ2n) is 3.59. The van der Waals surface area contributed by atoms with Crippen LogP contribution in [0, 0.1) is 0 Å². The number of halogens is 2. The summed E-state index contributed by atoms with van der Waals surface area (Å²) in [6, 6.07) is 7.57. The highest BCUT2D eigenvalue weighted by molar-refractivity contribution is 9.10. The minimum Gasteiger partial charge on any atom is -0.378 e. The number of benzene rings is 1. The molecule has 1 aromatic carbocycles. The zero-order chi connectivity index (χ0) is 13.1. The van der Waals surface area contributed by atoms with Crippen molar-refractivity contribution in [3.05, 3.63) is 49.3 Å². The molecule has 0 spiro atoms. The molecule has 0 aliphatic rings. The van der Waals surface area contributed by atoms with Gasteiger partial charge in [0.05, 0.1) is 12.3 Å². The zero-order valence-electron chi connectivity index (χ0n) is 9.54. The lowest BCUT2D eigenvalue weighted by Gasteiger charge is -2.07. The van der Waals surface area contributed by atoms with Crippen molar-refractivity contribution in [1.29, 1.82) is 0 Å². The van der Waals surface area contributed by atoms with Gasteiger partial charge in [-0.2, -0.15) is 0 Å². The lowest BCUT2D eigenvalue weighted by molar-refractivity contribution is 0.180. The van der Waals surface area contributed by atoms with Gasteiger partial charge in [-0.15, -0.1) is 0 Å². The smallest absolute Gasteiger partial charge is 0.265 e. The van der Waals surface area contributed by atoms with E-state index in [0.29, 0.717) is 16.0 Å². The molecule has 94 valence electrons. The minimum absolute atomic E-state index is 0.220. The number of aromatic nitrogens is 2. The van der Waals surface area contributed by atoms with Gasteiger partial charge >= 0.3 is 0 Å². The van der Waals surface area contributed by atoms with E-state index in [-0.39, 0.29) is 12.2 Å². The molecule has 2 aromatic rings. The van der Waals surface area contributed by atoms with E-state index < -0.39 is 0 Å². The van der Waals surface area contributed by atoms with E-state index in [0.717, 1.165) is 10.0 Å². The number of H-pyrrole nitrogens is 1. The summed E-state index contributed by atoms with van der Waals surface area (Å²) in [6.07, 6.45) is 0. The van der Waals surface area contributed by atoms with Crippen LogP contribution >= 0.6 is 31.9 Å². The van der Waals surface area contributed by atoms with Crippen molar-refractivity contribution in [2.45, 2.75) is 6.61 Å². The molecule has 0 unspecified atom stereocenters. The van der Waals surface area contributed by atoms with Crippen molar-refractivity contribution in [1.82, 2.24) is 9.97 Å². The number of methoxy groups -OCH3 is 1. The fraction of sp³-hybridized carbons (Fsp3) is 0.167. The second kappa shape index (κ2) is 5.77. The van der Waals surface area contributed by atoms with E-state index in [1.165, 1.54) is 0 Å². The van der Waals surface area contributed by atoms with Gasteiger partial charge in [0.2, 0.25) is 0 Å². The Morgan fingerprint density at radius 1 is 1.33 bits per heavy atom. The maximum absolute atomic E-state index is 11.8. The first-order valence-electron chi connectivity index (χ1n) is 5.16. The van der Waals surface area contributed by atoms with Crippen LogP contribution in [0.4, 0.5) is 0 Å². The molecule has 2 rings (SSSR count). The summed E-state index contributed by atoms with van der Waals surface area (Å²) in [6.45, 7) is 0.280. The molecule has 6 heteroatoms. The molecule has 0 saturated heterocycles. The number of ether oxygens (including phenoxy) is 1. The number of aromatic amines is 1. The van der Waals surface area contributed by atoms with E-state index in [1.54, 1.807) is 7.11 Å². The first-order chi connectivity index (χ1) is 8.63. The van der Waals surface area contributed by atoms with Crippen molar-refractivity contribution in [3.8, 4) is 11.4 Å². The summed E-state index contributed by atoms with van der Waals surface area (Å²) < 4.78 is 6.30. The van der Waals surface area contributed by atoms with Crippen molar-refractivity contribution < 1.29 is 4.74 Å². The third-order valence-electron chi connectivity index (χ3n) is 2.34. The van der Waals surface area contributed by atoms with Gasteiger partial charge in [0.25, 0.3) is 5.56 Å². The molecule has 0 amide bonds. The lowest BCUT2D eigenvalue weighted by atomic mass is 10.2. The molecule has 18 heavy (non-hydrogen) atoms. The second-order valence-corrected chi connectivity index (χ2v) is 5.24. The van der Waals surface area contributed by atoms with Crippen molar-refractivity contribution >= 4 is 31.9 Å². The normalized spacial score (nSPS) is 10.6. The summed E-state index contributed by atoms with van der Waals surface area (Å²) in [7, 11) is 1.56. The highest BCUT2D eigenvalue weighted by Gasteiger charge is 2.11.